The van der Waals surface area contributed by atoms with Crippen molar-refractivity contribution in [3.63, 3.8) is 0 Å². The van der Waals surface area contributed by atoms with Crippen LogP contribution >= 0.6 is 22.9 Å². The third-order valence-electron chi connectivity index (χ3n) is 3.59. The standard InChI is InChI=1S/C16H16ClN3O3S/c1-9-5-12(6-10(2)14(9)17)23-13(21)7-11-8-24-16(19-11)20-4-3-18-15(20)22/h5-6,8H,3-4,7H2,1-2H3,(H,18,22). The number of benzene rings is 1. The largest absolute Gasteiger partial charge is 0.426 e. The van der Waals surface area contributed by atoms with Crippen LogP contribution in [0.1, 0.15) is 16.8 Å². The van der Waals surface area contributed by atoms with Crippen LogP contribution in [0.25, 0.3) is 0 Å². The summed E-state index contributed by atoms with van der Waals surface area (Å²) in [7, 11) is 0. The molecular formula is C16H16ClN3O3S. The Morgan fingerprint density at radius 2 is 2.12 bits per heavy atom. The molecule has 1 aliphatic heterocycles. The summed E-state index contributed by atoms with van der Waals surface area (Å²) in [6.45, 7) is 4.91. The second-order valence-corrected chi connectivity index (χ2v) is 6.74. The van der Waals surface area contributed by atoms with Crippen molar-refractivity contribution in [3.8, 4) is 5.75 Å². The quantitative estimate of drug-likeness (QED) is 0.667. The summed E-state index contributed by atoms with van der Waals surface area (Å²) in [6.07, 6.45) is 0.0483. The molecule has 1 aromatic carbocycles. The first-order valence-corrected chi connectivity index (χ1v) is 8.67. The maximum atomic E-state index is 12.1. The lowest BCUT2D eigenvalue weighted by atomic mass is 10.1. The van der Waals surface area contributed by atoms with E-state index < -0.39 is 5.97 Å². The highest BCUT2D eigenvalue weighted by Crippen LogP contribution is 2.26. The van der Waals surface area contributed by atoms with Crippen LogP contribution in [0, 0.1) is 13.8 Å². The van der Waals surface area contributed by atoms with Crippen LogP contribution in [0.5, 0.6) is 5.75 Å². The molecule has 0 radical (unpaired) electrons. The number of ether oxygens (including phenoxy) is 1. The van der Waals surface area contributed by atoms with E-state index in [1.165, 1.54) is 11.3 Å². The van der Waals surface area contributed by atoms with Crippen molar-refractivity contribution in [2.45, 2.75) is 20.3 Å². The van der Waals surface area contributed by atoms with Gasteiger partial charge in [-0.25, -0.2) is 9.78 Å². The van der Waals surface area contributed by atoms with Gasteiger partial charge in [-0.3, -0.25) is 9.69 Å². The molecule has 0 unspecified atom stereocenters. The molecule has 0 atom stereocenters. The first-order chi connectivity index (χ1) is 11.4. The van der Waals surface area contributed by atoms with E-state index in [4.69, 9.17) is 16.3 Å². The van der Waals surface area contributed by atoms with Crippen LogP contribution in [0.15, 0.2) is 17.5 Å². The molecule has 6 nitrogen and oxygen atoms in total. The van der Waals surface area contributed by atoms with Gasteiger partial charge in [-0.2, -0.15) is 0 Å². The molecule has 1 N–H and O–H groups in total. The number of hydrogen-bond acceptors (Lipinski definition) is 5. The molecule has 24 heavy (non-hydrogen) atoms. The molecular weight excluding hydrogens is 350 g/mol. The van der Waals surface area contributed by atoms with Crippen molar-refractivity contribution in [1.29, 1.82) is 0 Å². The second-order valence-electron chi connectivity index (χ2n) is 5.53. The highest BCUT2D eigenvalue weighted by atomic mass is 35.5. The number of nitrogens with one attached hydrogen (secondary N) is 1. The topological polar surface area (TPSA) is 71.5 Å². The first kappa shape index (κ1) is 16.7. The van der Waals surface area contributed by atoms with Gasteiger partial charge in [0, 0.05) is 23.5 Å². The van der Waals surface area contributed by atoms with Crippen molar-refractivity contribution in [2.75, 3.05) is 18.0 Å². The van der Waals surface area contributed by atoms with Crippen LogP contribution < -0.4 is 15.0 Å². The number of rotatable bonds is 4. The van der Waals surface area contributed by atoms with Gasteiger partial charge in [-0.15, -0.1) is 11.3 Å². The summed E-state index contributed by atoms with van der Waals surface area (Å²) in [6, 6.07) is 3.30. The van der Waals surface area contributed by atoms with Crippen molar-refractivity contribution < 1.29 is 14.3 Å². The van der Waals surface area contributed by atoms with Gasteiger partial charge >= 0.3 is 12.0 Å². The predicted molar refractivity (Wildman–Crippen MR) is 93.1 cm³/mol. The molecule has 3 rings (SSSR count). The highest BCUT2D eigenvalue weighted by molar-refractivity contribution is 7.14. The number of urea groups is 1. The van der Waals surface area contributed by atoms with Crippen molar-refractivity contribution in [3.05, 3.63) is 39.4 Å². The van der Waals surface area contributed by atoms with Crippen molar-refractivity contribution >= 4 is 40.1 Å². The van der Waals surface area contributed by atoms with E-state index in [0.29, 0.717) is 34.7 Å². The fraction of sp³-hybridized carbons (Fsp3) is 0.312. The van der Waals surface area contributed by atoms with Crippen LogP contribution in [-0.4, -0.2) is 30.1 Å². The van der Waals surface area contributed by atoms with Crippen LogP contribution in [-0.2, 0) is 11.2 Å². The number of amides is 2. The van der Waals surface area contributed by atoms with E-state index in [9.17, 15) is 9.59 Å². The summed E-state index contributed by atoms with van der Waals surface area (Å²) < 4.78 is 5.36. The van der Waals surface area contributed by atoms with Crippen molar-refractivity contribution in [1.82, 2.24) is 10.3 Å². The Labute approximate surface area is 148 Å². The molecule has 2 amide bonds. The molecule has 2 aromatic rings. The van der Waals surface area contributed by atoms with Gasteiger partial charge in [0.15, 0.2) is 5.13 Å². The van der Waals surface area contributed by atoms with E-state index >= 15 is 0 Å². The molecule has 0 spiro atoms. The average molecular weight is 366 g/mol. The SMILES string of the molecule is Cc1cc(OC(=O)Cc2csc(N3CCNC3=O)n2)cc(C)c1Cl. The van der Waals surface area contributed by atoms with Crippen molar-refractivity contribution in [2.24, 2.45) is 0 Å². The lowest BCUT2D eigenvalue weighted by molar-refractivity contribution is -0.133. The Bertz CT molecular complexity index is 783. The third kappa shape index (κ3) is 3.52. The lowest BCUT2D eigenvalue weighted by Gasteiger charge is -2.09. The minimum absolute atomic E-state index is 0.0483. The Morgan fingerprint density at radius 3 is 2.75 bits per heavy atom. The Balaban J connectivity index is 1.65. The van der Waals surface area contributed by atoms with Gasteiger partial charge in [-0.1, -0.05) is 11.6 Å². The number of thiazole rings is 1. The predicted octanol–water partition coefficient (Wildman–Crippen LogP) is 3.09. The second kappa shape index (κ2) is 6.78. The monoisotopic (exact) mass is 365 g/mol. The number of carbonyl (C=O) groups excluding carboxylic acids is 2. The summed E-state index contributed by atoms with van der Waals surface area (Å²) in [5.41, 5.74) is 2.30. The van der Waals surface area contributed by atoms with E-state index in [0.717, 1.165) is 11.1 Å². The number of carbonyl (C=O) groups is 2. The van der Waals surface area contributed by atoms with E-state index in [2.05, 4.69) is 10.3 Å². The fourth-order valence-electron chi connectivity index (χ4n) is 2.44. The smallest absolute Gasteiger partial charge is 0.323 e. The molecule has 2 heterocycles. The number of anilines is 1. The van der Waals surface area contributed by atoms with Crippen LogP contribution in [0.4, 0.5) is 9.93 Å². The Hall–Kier alpha value is -2.12. The summed E-state index contributed by atoms with van der Waals surface area (Å²) >= 11 is 7.44. The number of esters is 1. The molecule has 0 aliphatic carbocycles. The summed E-state index contributed by atoms with van der Waals surface area (Å²) in [4.78, 5) is 29.6. The number of hydrogen-bond donors (Lipinski definition) is 1. The Kier molecular flexibility index (Phi) is 4.73. The lowest BCUT2D eigenvalue weighted by Crippen LogP contribution is -2.27. The fourth-order valence-corrected chi connectivity index (χ4v) is 3.39. The van der Waals surface area contributed by atoms with E-state index in [1.54, 1.807) is 22.4 Å². The molecule has 1 fully saturated rings. The third-order valence-corrected chi connectivity index (χ3v) is 5.10. The number of aryl methyl sites for hydroxylation is 2. The van der Waals surface area contributed by atoms with Gasteiger partial charge in [0.25, 0.3) is 0 Å². The van der Waals surface area contributed by atoms with Crippen LogP contribution in [0.2, 0.25) is 5.02 Å². The van der Waals surface area contributed by atoms with Gasteiger partial charge in [0.2, 0.25) is 0 Å². The maximum Gasteiger partial charge on any atom is 0.323 e. The minimum atomic E-state index is -0.404. The number of halogens is 1. The van der Waals surface area contributed by atoms with E-state index in [-0.39, 0.29) is 12.5 Å². The van der Waals surface area contributed by atoms with Gasteiger partial charge in [0.05, 0.1) is 12.1 Å². The zero-order valence-electron chi connectivity index (χ0n) is 13.3. The molecule has 0 saturated carbocycles. The van der Waals surface area contributed by atoms with Gasteiger partial charge in [-0.05, 0) is 37.1 Å². The molecule has 1 aliphatic rings. The number of aromatic nitrogens is 1. The van der Waals surface area contributed by atoms with E-state index in [1.807, 2.05) is 13.8 Å². The zero-order valence-corrected chi connectivity index (χ0v) is 14.8. The summed E-state index contributed by atoms with van der Waals surface area (Å²) in [5, 5.41) is 5.74. The molecule has 126 valence electrons. The minimum Gasteiger partial charge on any atom is -0.426 e. The summed E-state index contributed by atoms with van der Waals surface area (Å²) in [5.74, 6) is 0.0626. The average Bonchev–Trinajstić information content (AvgIpc) is 3.13. The normalized spacial score (nSPS) is 14.0. The van der Waals surface area contributed by atoms with Gasteiger partial charge < -0.3 is 10.1 Å². The van der Waals surface area contributed by atoms with Gasteiger partial charge in [0.1, 0.15) is 5.75 Å². The molecule has 8 heteroatoms. The Morgan fingerprint density at radius 1 is 1.42 bits per heavy atom. The van der Waals surface area contributed by atoms with Crippen LogP contribution in [0.3, 0.4) is 0 Å². The molecule has 0 bridgehead atoms. The number of nitrogens with zero attached hydrogens (tertiary/aromatic N) is 2. The highest BCUT2D eigenvalue weighted by Gasteiger charge is 2.24. The first-order valence-electron chi connectivity index (χ1n) is 7.41. The molecule has 1 saturated heterocycles. The maximum absolute atomic E-state index is 12.1. The molecule has 1 aromatic heterocycles. The zero-order chi connectivity index (χ0) is 17.3.